The molecule has 362 valence electrons. The molecule has 6 nitrogen and oxygen atoms in total. The average molecular weight is 863 g/mol. The number of unbranched alkanes of at least 4 members (excludes halogenated alkanes) is 34. The van der Waals surface area contributed by atoms with Gasteiger partial charge in [-0.15, -0.1) is 0 Å². The van der Waals surface area contributed by atoms with Crippen molar-refractivity contribution >= 4 is 17.9 Å². The summed E-state index contributed by atoms with van der Waals surface area (Å²) < 4.78 is 16.8. The molecule has 0 amide bonds. The number of hydrogen-bond donors (Lipinski definition) is 0. The van der Waals surface area contributed by atoms with Gasteiger partial charge in [-0.25, -0.2) is 0 Å². The molecule has 0 aromatic carbocycles. The van der Waals surface area contributed by atoms with E-state index in [2.05, 4.69) is 34.6 Å². The molecule has 0 unspecified atom stereocenters. The van der Waals surface area contributed by atoms with E-state index in [1.54, 1.807) is 0 Å². The molecule has 0 aromatic heterocycles. The summed E-state index contributed by atoms with van der Waals surface area (Å²) >= 11 is 0. The normalized spacial score (nSPS) is 12.0. The molecule has 0 aliphatic heterocycles. The molecule has 6 heteroatoms. The van der Waals surface area contributed by atoms with Gasteiger partial charge in [0.1, 0.15) is 13.2 Å². The molecule has 0 heterocycles. The van der Waals surface area contributed by atoms with E-state index in [4.69, 9.17) is 14.2 Å². The van der Waals surface area contributed by atoms with Crippen LogP contribution in [-0.4, -0.2) is 37.2 Å². The molecule has 0 bridgehead atoms. The lowest BCUT2D eigenvalue weighted by atomic mass is 10.0. The quantitative estimate of drug-likeness (QED) is 0.0344. The lowest BCUT2D eigenvalue weighted by Gasteiger charge is -2.18. The lowest BCUT2D eigenvalue weighted by molar-refractivity contribution is -0.167. The Morgan fingerprint density at radius 3 is 0.803 bits per heavy atom. The van der Waals surface area contributed by atoms with Crippen LogP contribution in [0.4, 0.5) is 0 Å². The highest BCUT2D eigenvalue weighted by Gasteiger charge is 2.19. The molecule has 0 saturated heterocycles. The molecular formula is C55H106O6. The minimum Gasteiger partial charge on any atom is -0.462 e. The third kappa shape index (κ3) is 49.3. The van der Waals surface area contributed by atoms with Gasteiger partial charge in [-0.2, -0.15) is 0 Å². The Kier molecular flexibility index (Phi) is 46.6. The summed E-state index contributed by atoms with van der Waals surface area (Å²) in [6, 6.07) is 0. The maximum absolute atomic E-state index is 12.8. The number of ether oxygens (including phenoxy) is 3. The minimum atomic E-state index is -0.762. The van der Waals surface area contributed by atoms with Crippen molar-refractivity contribution in [3.8, 4) is 0 Å². The van der Waals surface area contributed by atoms with Crippen LogP contribution in [0.5, 0.6) is 0 Å². The second-order valence-electron chi connectivity index (χ2n) is 19.8. The monoisotopic (exact) mass is 863 g/mol. The zero-order valence-corrected chi connectivity index (χ0v) is 41.8. The zero-order valence-electron chi connectivity index (χ0n) is 41.8. The largest absolute Gasteiger partial charge is 0.462 e. The Morgan fingerprint density at radius 1 is 0.311 bits per heavy atom. The molecule has 0 aliphatic carbocycles. The SMILES string of the molecule is CCCCCCCCCCCCCCCCCCCCCC(=O)O[C@@H](COC(=O)CCCCCCCCCCCCC(C)C)COC(=O)CCCCCCCCCCC(C)C. The number of rotatable bonds is 49. The van der Waals surface area contributed by atoms with Gasteiger partial charge in [-0.1, -0.05) is 266 Å². The molecule has 0 N–H and O–H groups in total. The molecule has 61 heavy (non-hydrogen) atoms. The predicted molar refractivity (Wildman–Crippen MR) is 261 cm³/mol. The van der Waals surface area contributed by atoms with Crippen molar-refractivity contribution in [1.29, 1.82) is 0 Å². The highest BCUT2D eigenvalue weighted by Crippen LogP contribution is 2.18. The average Bonchev–Trinajstić information content (AvgIpc) is 3.23. The Labute approximate surface area is 380 Å². The predicted octanol–water partition coefficient (Wildman–Crippen LogP) is 17.7. The minimum absolute atomic E-state index is 0.0641. The molecular weight excluding hydrogens is 757 g/mol. The summed E-state index contributed by atoms with van der Waals surface area (Å²) in [6.07, 6.45) is 49.6. The summed E-state index contributed by atoms with van der Waals surface area (Å²) in [5, 5.41) is 0. The second kappa shape index (κ2) is 47.9. The van der Waals surface area contributed by atoms with Crippen molar-refractivity contribution in [2.75, 3.05) is 13.2 Å². The summed E-state index contributed by atoms with van der Waals surface area (Å²) in [5.74, 6) is 0.767. The Morgan fingerprint density at radius 2 is 0.541 bits per heavy atom. The van der Waals surface area contributed by atoms with E-state index in [0.717, 1.165) is 69.6 Å². The van der Waals surface area contributed by atoms with E-state index >= 15 is 0 Å². The fraction of sp³-hybridized carbons (Fsp3) is 0.945. The van der Waals surface area contributed by atoms with E-state index in [-0.39, 0.29) is 31.1 Å². The fourth-order valence-corrected chi connectivity index (χ4v) is 8.34. The van der Waals surface area contributed by atoms with Gasteiger partial charge in [0.2, 0.25) is 0 Å². The molecule has 0 spiro atoms. The van der Waals surface area contributed by atoms with Crippen LogP contribution < -0.4 is 0 Å². The fourth-order valence-electron chi connectivity index (χ4n) is 8.34. The second-order valence-corrected chi connectivity index (χ2v) is 19.8. The molecule has 0 radical (unpaired) electrons. The van der Waals surface area contributed by atoms with Crippen LogP contribution >= 0.6 is 0 Å². The van der Waals surface area contributed by atoms with Crippen LogP contribution in [0.25, 0.3) is 0 Å². The third-order valence-corrected chi connectivity index (χ3v) is 12.5. The van der Waals surface area contributed by atoms with Gasteiger partial charge < -0.3 is 14.2 Å². The van der Waals surface area contributed by atoms with Crippen LogP contribution in [0.15, 0.2) is 0 Å². The first-order valence-electron chi connectivity index (χ1n) is 27.2. The topological polar surface area (TPSA) is 78.9 Å². The Hall–Kier alpha value is -1.59. The Balaban J connectivity index is 4.27. The molecule has 1 atom stereocenters. The highest BCUT2D eigenvalue weighted by molar-refractivity contribution is 5.71. The van der Waals surface area contributed by atoms with Gasteiger partial charge in [0.05, 0.1) is 0 Å². The lowest BCUT2D eigenvalue weighted by Crippen LogP contribution is -2.30. The number of esters is 3. The first-order chi connectivity index (χ1) is 29.7. The molecule has 0 aromatic rings. The van der Waals surface area contributed by atoms with E-state index < -0.39 is 6.10 Å². The molecule has 0 saturated carbocycles. The van der Waals surface area contributed by atoms with E-state index in [0.29, 0.717) is 19.3 Å². The number of hydrogen-bond acceptors (Lipinski definition) is 6. The van der Waals surface area contributed by atoms with Crippen LogP contribution in [0.1, 0.15) is 304 Å². The van der Waals surface area contributed by atoms with E-state index in [1.165, 1.54) is 193 Å². The summed E-state index contributed by atoms with van der Waals surface area (Å²) in [5.41, 5.74) is 0. The standard InChI is InChI=1S/C55H106O6/c1-6-7-8-9-10-11-12-13-14-15-16-17-18-19-20-25-32-37-42-47-55(58)61-52(49-60-54(57)46-41-36-31-27-26-29-34-39-44-51(4)5)48-59-53(56)45-40-35-30-24-22-21-23-28-33-38-43-50(2)3/h50-52H,6-49H2,1-5H3/t52-/m0/s1. The van der Waals surface area contributed by atoms with Crippen molar-refractivity contribution in [3.63, 3.8) is 0 Å². The zero-order chi connectivity index (χ0) is 44.7. The van der Waals surface area contributed by atoms with Crippen molar-refractivity contribution in [2.24, 2.45) is 11.8 Å². The molecule has 0 rings (SSSR count). The van der Waals surface area contributed by atoms with Gasteiger partial charge >= 0.3 is 17.9 Å². The smallest absolute Gasteiger partial charge is 0.306 e. The van der Waals surface area contributed by atoms with Crippen molar-refractivity contribution in [1.82, 2.24) is 0 Å². The van der Waals surface area contributed by atoms with Gasteiger partial charge in [0, 0.05) is 19.3 Å². The van der Waals surface area contributed by atoms with Crippen molar-refractivity contribution in [3.05, 3.63) is 0 Å². The molecule has 0 fully saturated rings. The van der Waals surface area contributed by atoms with Crippen LogP contribution in [0.3, 0.4) is 0 Å². The maximum Gasteiger partial charge on any atom is 0.306 e. The highest BCUT2D eigenvalue weighted by atomic mass is 16.6. The maximum atomic E-state index is 12.8. The van der Waals surface area contributed by atoms with Crippen LogP contribution in [-0.2, 0) is 28.6 Å². The summed E-state index contributed by atoms with van der Waals surface area (Å²) in [4.78, 5) is 38.0. The van der Waals surface area contributed by atoms with E-state index in [1.807, 2.05) is 0 Å². The summed E-state index contributed by atoms with van der Waals surface area (Å²) in [6.45, 7) is 11.3. The van der Waals surface area contributed by atoms with Gasteiger partial charge in [0.25, 0.3) is 0 Å². The Bertz CT molecular complexity index is 931. The van der Waals surface area contributed by atoms with Crippen LogP contribution in [0, 0.1) is 11.8 Å². The summed E-state index contributed by atoms with van der Waals surface area (Å²) in [7, 11) is 0. The van der Waals surface area contributed by atoms with Gasteiger partial charge in [-0.3, -0.25) is 14.4 Å². The van der Waals surface area contributed by atoms with Crippen molar-refractivity contribution in [2.45, 2.75) is 310 Å². The first kappa shape index (κ1) is 59.4. The number of carbonyl (C=O) groups excluding carboxylic acids is 3. The number of carbonyl (C=O) groups is 3. The first-order valence-corrected chi connectivity index (χ1v) is 27.2. The van der Waals surface area contributed by atoms with Gasteiger partial charge in [0.15, 0.2) is 6.10 Å². The van der Waals surface area contributed by atoms with Crippen LogP contribution in [0.2, 0.25) is 0 Å². The van der Waals surface area contributed by atoms with Gasteiger partial charge in [-0.05, 0) is 31.1 Å². The van der Waals surface area contributed by atoms with Crippen molar-refractivity contribution < 1.29 is 28.6 Å². The molecule has 0 aliphatic rings. The van der Waals surface area contributed by atoms with E-state index in [9.17, 15) is 14.4 Å². The third-order valence-electron chi connectivity index (χ3n) is 12.5.